The van der Waals surface area contributed by atoms with E-state index in [1.54, 1.807) is 0 Å². The number of nitrogens with zero attached hydrogens (tertiary/aromatic N) is 2. The SMILES string of the molecule is N#CCCN1CCCC1CO.[W]. The van der Waals surface area contributed by atoms with E-state index in [1.807, 2.05) is 0 Å². The second kappa shape index (κ2) is 6.60. The summed E-state index contributed by atoms with van der Waals surface area (Å²) in [5.74, 6) is 0. The molecule has 1 unspecified atom stereocenters. The summed E-state index contributed by atoms with van der Waals surface area (Å²) in [6.07, 6.45) is 2.83. The topological polar surface area (TPSA) is 47.3 Å². The van der Waals surface area contributed by atoms with Gasteiger partial charge in [-0.2, -0.15) is 5.26 Å². The molecule has 3 nitrogen and oxygen atoms in total. The molecule has 0 aliphatic carbocycles. The van der Waals surface area contributed by atoms with E-state index in [0.717, 1.165) is 25.9 Å². The predicted molar refractivity (Wildman–Crippen MR) is 41.9 cm³/mol. The van der Waals surface area contributed by atoms with Crippen LogP contribution in [0.1, 0.15) is 19.3 Å². The van der Waals surface area contributed by atoms with E-state index in [9.17, 15) is 0 Å². The first-order chi connectivity index (χ1) is 5.38. The predicted octanol–water partition coefficient (Wildman–Crippen LogP) is 0.354. The normalized spacial score (nSPS) is 23.2. The Labute approximate surface area is 87.6 Å². The van der Waals surface area contributed by atoms with Gasteiger partial charge in [0, 0.05) is 40.1 Å². The van der Waals surface area contributed by atoms with Gasteiger partial charge in [0.1, 0.15) is 0 Å². The van der Waals surface area contributed by atoms with Gasteiger partial charge in [0.2, 0.25) is 0 Å². The van der Waals surface area contributed by atoms with Gasteiger partial charge in [-0.05, 0) is 19.4 Å². The summed E-state index contributed by atoms with van der Waals surface area (Å²) in [4.78, 5) is 2.20. The van der Waals surface area contributed by atoms with Crippen molar-refractivity contribution in [3.8, 4) is 6.07 Å². The van der Waals surface area contributed by atoms with Gasteiger partial charge >= 0.3 is 0 Å². The van der Waals surface area contributed by atoms with Crippen molar-refractivity contribution < 1.29 is 26.2 Å². The van der Waals surface area contributed by atoms with E-state index >= 15 is 0 Å². The van der Waals surface area contributed by atoms with Gasteiger partial charge in [0.25, 0.3) is 0 Å². The first kappa shape index (κ1) is 12.1. The Balaban J connectivity index is 0.00000121. The minimum Gasteiger partial charge on any atom is -0.395 e. The molecule has 1 heterocycles. The second-order valence-electron chi connectivity index (χ2n) is 2.92. The molecule has 0 aromatic heterocycles. The largest absolute Gasteiger partial charge is 0.395 e. The molecule has 0 aromatic carbocycles. The van der Waals surface area contributed by atoms with Crippen LogP contribution < -0.4 is 0 Å². The molecule has 12 heavy (non-hydrogen) atoms. The van der Waals surface area contributed by atoms with Crippen molar-refractivity contribution >= 4 is 0 Å². The fourth-order valence-corrected chi connectivity index (χ4v) is 1.59. The first-order valence-corrected chi connectivity index (χ1v) is 4.10. The van der Waals surface area contributed by atoms with Crippen LogP contribution in [-0.4, -0.2) is 35.7 Å². The zero-order valence-corrected chi connectivity index (χ0v) is 10.0. The molecular formula is C8H14N2OW. The molecule has 1 aliphatic heterocycles. The summed E-state index contributed by atoms with van der Waals surface area (Å²) < 4.78 is 0. The average molecular weight is 338 g/mol. The van der Waals surface area contributed by atoms with E-state index in [2.05, 4.69) is 11.0 Å². The average Bonchev–Trinajstić information content (AvgIpc) is 2.47. The zero-order chi connectivity index (χ0) is 8.10. The third-order valence-electron chi connectivity index (χ3n) is 2.22. The molecule has 1 rings (SSSR count). The number of hydrogen-bond acceptors (Lipinski definition) is 3. The maximum atomic E-state index is 8.91. The Morgan fingerprint density at radius 1 is 1.58 bits per heavy atom. The monoisotopic (exact) mass is 338 g/mol. The van der Waals surface area contributed by atoms with Crippen molar-refractivity contribution in [1.29, 1.82) is 5.26 Å². The molecule has 0 amide bonds. The van der Waals surface area contributed by atoms with E-state index < -0.39 is 0 Å². The molecule has 4 heteroatoms. The number of aliphatic hydroxyl groups excluding tert-OH is 1. The summed E-state index contributed by atoms with van der Waals surface area (Å²) in [6, 6.07) is 2.44. The van der Waals surface area contributed by atoms with Crippen LogP contribution in [0.4, 0.5) is 0 Å². The van der Waals surface area contributed by atoms with Crippen LogP contribution in [-0.2, 0) is 21.1 Å². The van der Waals surface area contributed by atoms with Gasteiger partial charge in [-0.15, -0.1) is 0 Å². The van der Waals surface area contributed by atoms with Crippen LogP contribution in [0.2, 0.25) is 0 Å². The summed E-state index contributed by atoms with van der Waals surface area (Å²) in [5, 5.41) is 17.3. The van der Waals surface area contributed by atoms with Crippen molar-refractivity contribution in [3.63, 3.8) is 0 Å². The third kappa shape index (κ3) is 3.23. The Morgan fingerprint density at radius 2 is 2.33 bits per heavy atom. The maximum Gasteiger partial charge on any atom is 0.0635 e. The smallest absolute Gasteiger partial charge is 0.0635 e. The quantitative estimate of drug-likeness (QED) is 0.808. The fourth-order valence-electron chi connectivity index (χ4n) is 1.59. The fraction of sp³-hybridized carbons (Fsp3) is 0.875. The van der Waals surface area contributed by atoms with Crippen LogP contribution in [0.25, 0.3) is 0 Å². The van der Waals surface area contributed by atoms with Crippen molar-refractivity contribution in [2.24, 2.45) is 0 Å². The van der Waals surface area contributed by atoms with E-state index in [-0.39, 0.29) is 27.7 Å². The molecule has 0 saturated carbocycles. The minimum absolute atomic E-state index is 0. The molecule has 1 aliphatic rings. The molecule has 0 aromatic rings. The van der Waals surface area contributed by atoms with Crippen LogP contribution in [0.3, 0.4) is 0 Å². The molecule has 1 fully saturated rings. The number of nitriles is 1. The number of likely N-dealkylation sites (tertiary alicyclic amines) is 1. The van der Waals surface area contributed by atoms with Crippen LogP contribution in [0, 0.1) is 11.3 Å². The van der Waals surface area contributed by atoms with Gasteiger partial charge in [0.15, 0.2) is 0 Å². The van der Waals surface area contributed by atoms with Crippen LogP contribution in [0.5, 0.6) is 0 Å². The van der Waals surface area contributed by atoms with Crippen molar-refractivity contribution in [3.05, 3.63) is 0 Å². The summed E-state index contributed by atoms with van der Waals surface area (Å²) in [5.41, 5.74) is 0. The van der Waals surface area contributed by atoms with E-state index in [1.165, 1.54) is 0 Å². The van der Waals surface area contributed by atoms with Crippen molar-refractivity contribution in [2.45, 2.75) is 25.3 Å². The molecule has 1 N–H and O–H groups in total. The van der Waals surface area contributed by atoms with Crippen molar-refractivity contribution in [2.75, 3.05) is 19.7 Å². The van der Waals surface area contributed by atoms with Gasteiger partial charge < -0.3 is 5.11 Å². The summed E-state index contributed by atoms with van der Waals surface area (Å²) in [7, 11) is 0. The Kier molecular flexibility index (Phi) is 6.65. The molecular weight excluding hydrogens is 324 g/mol. The Hall–Kier alpha value is 0.0983. The second-order valence-corrected chi connectivity index (χ2v) is 2.92. The standard InChI is InChI=1S/C8H14N2O.W/c9-4-2-6-10-5-1-3-8(10)7-11;/h8,11H,1-3,5-7H2;. The molecule has 0 spiro atoms. The minimum atomic E-state index is 0. The maximum absolute atomic E-state index is 8.91. The third-order valence-corrected chi connectivity index (χ3v) is 2.22. The van der Waals surface area contributed by atoms with E-state index in [4.69, 9.17) is 10.4 Å². The van der Waals surface area contributed by atoms with Gasteiger partial charge in [-0.1, -0.05) is 0 Å². The Morgan fingerprint density at radius 3 is 2.92 bits per heavy atom. The molecule has 68 valence electrons. The molecule has 0 radical (unpaired) electrons. The number of aliphatic hydroxyl groups is 1. The number of rotatable bonds is 3. The Bertz CT molecular complexity index is 158. The molecule has 1 saturated heterocycles. The molecule has 1 atom stereocenters. The van der Waals surface area contributed by atoms with Gasteiger partial charge in [-0.25, -0.2) is 0 Å². The number of hydrogen-bond donors (Lipinski definition) is 1. The molecule has 0 bridgehead atoms. The van der Waals surface area contributed by atoms with Crippen LogP contribution >= 0.6 is 0 Å². The first-order valence-electron chi connectivity index (χ1n) is 4.10. The van der Waals surface area contributed by atoms with E-state index in [0.29, 0.717) is 12.5 Å². The van der Waals surface area contributed by atoms with Crippen molar-refractivity contribution in [1.82, 2.24) is 4.90 Å². The summed E-state index contributed by atoms with van der Waals surface area (Å²) in [6.45, 7) is 2.11. The van der Waals surface area contributed by atoms with Crippen LogP contribution in [0.15, 0.2) is 0 Å². The summed E-state index contributed by atoms with van der Waals surface area (Å²) >= 11 is 0. The zero-order valence-electron chi connectivity index (χ0n) is 7.07. The van der Waals surface area contributed by atoms with Gasteiger partial charge in [-0.3, -0.25) is 4.90 Å². The van der Waals surface area contributed by atoms with Gasteiger partial charge in [0.05, 0.1) is 12.7 Å².